The number of hydrogen-bond acceptors (Lipinski definition) is 5. The molecule has 5 rings (SSSR count). The van der Waals surface area contributed by atoms with Gasteiger partial charge in [-0.2, -0.15) is 0 Å². The van der Waals surface area contributed by atoms with Crippen molar-refractivity contribution in [3.8, 4) is 0 Å². The molecule has 3 fully saturated rings. The molecule has 3 amide bonds. The minimum Gasteiger partial charge on any atom is -0.373 e. The van der Waals surface area contributed by atoms with Crippen LogP contribution in [0.4, 0.5) is 0 Å². The van der Waals surface area contributed by atoms with E-state index in [1.165, 1.54) is 0 Å². The Morgan fingerprint density at radius 3 is 2.37 bits per heavy atom. The van der Waals surface area contributed by atoms with Crippen LogP contribution in [-0.2, 0) is 32.2 Å². The van der Waals surface area contributed by atoms with Crippen LogP contribution < -0.4 is 5.32 Å². The fourth-order valence-corrected chi connectivity index (χ4v) is 4.92. The molecule has 30 heavy (non-hydrogen) atoms. The van der Waals surface area contributed by atoms with Gasteiger partial charge in [0.15, 0.2) is 0 Å². The number of aromatic nitrogens is 2. The molecule has 0 spiro atoms. The highest BCUT2D eigenvalue weighted by molar-refractivity contribution is 6.09. The van der Waals surface area contributed by atoms with Crippen molar-refractivity contribution < 1.29 is 19.1 Å². The topological polar surface area (TPSA) is 93.5 Å². The number of carbonyl (C=O) groups is 3. The van der Waals surface area contributed by atoms with Crippen LogP contribution in [0.2, 0.25) is 0 Å². The van der Waals surface area contributed by atoms with E-state index in [1.54, 1.807) is 19.4 Å². The number of rotatable bonds is 6. The average Bonchev–Trinajstić information content (AvgIpc) is 3.53. The minimum atomic E-state index is -0.824. The monoisotopic (exact) mass is 408 g/mol. The van der Waals surface area contributed by atoms with E-state index in [0.29, 0.717) is 6.54 Å². The van der Waals surface area contributed by atoms with Gasteiger partial charge in [-0.3, -0.25) is 19.3 Å². The Balaban J connectivity index is 1.19. The van der Waals surface area contributed by atoms with Crippen LogP contribution in [-0.4, -0.2) is 50.4 Å². The summed E-state index contributed by atoms with van der Waals surface area (Å²) in [5.74, 6) is -1.66. The number of nitrogens with zero attached hydrogens (tertiary/aromatic N) is 3. The summed E-state index contributed by atoms with van der Waals surface area (Å²) in [5.41, 5.74) is 2.08. The Bertz CT molecular complexity index is 944. The normalized spacial score (nSPS) is 28.1. The fraction of sp³-hybridized carbons (Fsp3) is 0.455. The predicted octanol–water partition coefficient (Wildman–Crippen LogP) is 1.10. The number of benzene rings is 1. The van der Waals surface area contributed by atoms with Crippen LogP contribution in [0.25, 0.3) is 0 Å². The Hall–Kier alpha value is -3.00. The van der Waals surface area contributed by atoms with Crippen LogP contribution in [0.1, 0.15) is 30.9 Å². The summed E-state index contributed by atoms with van der Waals surface area (Å²) in [5, 5.41) is 2.85. The van der Waals surface area contributed by atoms with E-state index in [9.17, 15) is 14.4 Å². The third-order valence-corrected chi connectivity index (χ3v) is 6.50. The van der Waals surface area contributed by atoms with Crippen molar-refractivity contribution in [3.05, 3.63) is 54.1 Å². The van der Waals surface area contributed by atoms with Gasteiger partial charge in [0.25, 0.3) is 0 Å². The zero-order valence-electron chi connectivity index (χ0n) is 16.7. The van der Waals surface area contributed by atoms with E-state index in [2.05, 4.69) is 10.3 Å². The van der Waals surface area contributed by atoms with Gasteiger partial charge in [0, 0.05) is 25.5 Å². The molecule has 0 saturated carbocycles. The molecule has 0 aliphatic carbocycles. The molecule has 2 aromatic rings. The minimum absolute atomic E-state index is 0.169. The number of carbonyl (C=O) groups excluding carboxylic acids is 3. The molecule has 0 radical (unpaired) electrons. The van der Waals surface area contributed by atoms with Crippen LogP contribution >= 0.6 is 0 Å². The largest absolute Gasteiger partial charge is 0.373 e. The van der Waals surface area contributed by atoms with Gasteiger partial charge in [0.2, 0.25) is 17.7 Å². The summed E-state index contributed by atoms with van der Waals surface area (Å²) in [6.07, 6.45) is 6.71. The van der Waals surface area contributed by atoms with Crippen molar-refractivity contribution in [3.63, 3.8) is 0 Å². The van der Waals surface area contributed by atoms with Crippen molar-refractivity contribution in [1.29, 1.82) is 0 Å². The molecular formula is C22H24N4O4. The predicted molar refractivity (Wildman–Crippen MR) is 106 cm³/mol. The molecule has 3 aliphatic rings. The quantitative estimate of drug-likeness (QED) is 0.723. The lowest BCUT2D eigenvalue weighted by atomic mass is 9.81. The number of nitrogens with one attached hydrogen (secondary N) is 1. The molecule has 5 atom stereocenters. The SMILES string of the molecule is C[C@H](C(=O)NCc1ccc(Cn2ccnc2)cc1)N1C(=O)[C@H]2[C@H](C1=O)[C@H]1CC[C@H]2O1. The number of hydrogen-bond donors (Lipinski definition) is 1. The first-order valence-corrected chi connectivity index (χ1v) is 10.4. The second-order valence-electron chi connectivity index (χ2n) is 8.33. The van der Waals surface area contributed by atoms with E-state index >= 15 is 0 Å². The third-order valence-electron chi connectivity index (χ3n) is 6.50. The van der Waals surface area contributed by atoms with E-state index in [-0.39, 0.29) is 29.9 Å². The first-order chi connectivity index (χ1) is 14.5. The maximum atomic E-state index is 12.8. The van der Waals surface area contributed by atoms with Gasteiger partial charge < -0.3 is 14.6 Å². The molecule has 1 N–H and O–H groups in total. The molecule has 156 valence electrons. The molecule has 1 aromatic carbocycles. The first-order valence-electron chi connectivity index (χ1n) is 10.4. The molecule has 2 bridgehead atoms. The zero-order valence-corrected chi connectivity index (χ0v) is 16.7. The van der Waals surface area contributed by atoms with Crippen molar-refractivity contribution in [2.24, 2.45) is 11.8 Å². The van der Waals surface area contributed by atoms with Gasteiger partial charge in [-0.05, 0) is 30.9 Å². The second kappa shape index (κ2) is 7.36. The van der Waals surface area contributed by atoms with Crippen molar-refractivity contribution in [2.75, 3.05) is 0 Å². The van der Waals surface area contributed by atoms with Crippen molar-refractivity contribution >= 4 is 17.7 Å². The number of fused-ring (bicyclic) bond motifs is 5. The Labute approximate surface area is 174 Å². The standard InChI is InChI=1S/C22H24N4O4/c1-13(26-21(28)18-16-6-7-17(30-16)19(18)22(26)29)20(27)24-10-14-2-4-15(5-3-14)11-25-9-8-23-12-25/h2-5,8-9,12-13,16-19H,6-7,10-11H2,1H3,(H,24,27)/t13-,16-,17-,18-,19-/m1/s1. The van der Waals surface area contributed by atoms with Crippen LogP contribution in [0.5, 0.6) is 0 Å². The summed E-state index contributed by atoms with van der Waals surface area (Å²) in [7, 11) is 0. The summed E-state index contributed by atoms with van der Waals surface area (Å²) in [6, 6.07) is 7.12. The molecule has 4 heterocycles. The van der Waals surface area contributed by atoms with E-state index in [0.717, 1.165) is 35.4 Å². The summed E-state index contributed by atoms with van der Waals surface area (Å²) < 4.78 is 7.72. The third kappa shape index (κ3) is 3.11. The van der Waals surface area contributed by atoms with Gasteiger partial charge in [-0.25, -0.2) is 4.98 Å². The van der Waals surface area contributed by atoms with Gasteiger partial charge in [-0.1, -0.05) is 24.3 Å². The highest BCUT2D eigenvalue weighted by Gasteiger charge is 2.63. The number of imidazole rings is 1. The first kappa shape index (κ1) is 19.0. The van der Waals surface area contributed by atoms with E-state index < -0.39 is 17.9 Å². The Kier molecular flexibility index (Phi) is 4.66. The highest BCUT2D eigenvalue weighted by atomic mass is 16.5. The van der Waals surface area contributed by atoms with Crippen LogP contribution in [0.15, 0.2) is 43.0 Å². The number of amides is 3. The van der Waals surface area contributed by atoms with Crippen molar-refractivity contribution in [1.82, 2.24) is 19.8 Å². The molecular weight excluding hydrogens is 384 g/mol. The summed E-state index contributed by atoms with van der Waals surface area (Å²) in [4.78, 5) is 43.5. The maximum absolute atomic E-state index is 12.8. The molecule has 3 saturated heterocycles. The molecule has 3 aliphatic heterocycles. The Morgan fingerprint density at radius 1 is 1.13 bits per heavy atom. The molecule has 8 heteroatoms. The molecule has 1 aromatic heterocycles. The number of imide groups is 1. The van der Waals surface area contributed by atoms with Gasteiger partial charge in [0.05, 0.1) is 30.4 Å². The molecule has 8 nitrogen and oxygen atoms in total. The number of ether oxygens (including phenoxy) is 1. The van der Waals surface area contributed by atoms with Gasteiger partial charge >= 0.3 is 0 Å². The average molecular weight is 408 g/mol. The van der Waals surface area contributed by atoms with Gasteiger partial charge in [-0.15, -0.1) is 0 Å². The summed E-state index contributed by atoms with van der Waals surface area (Å²) >= 11 is 0. The van der Waals surface area contributed by atoms with Crippen LogP contribution in [0, 0.1) is 11.8 Å². The summed E-state index contributed by atoms with van der Waals surface area (Å²) in [6.45, 7) is 2.69. The van der Waals surface area contributed by atoms with Crippen molar-refractivity contribution in [2.45, 2.75) is 51.1 Å². The van der Waals surface area contributed by atoms with Crippen LogP contribution in [0.3, 0.4) is 0 Å². The van der Waals surface area contributed by atoms with E-state index in [4.69, 9.17) is 4.74 Å². The molecule has 0 unspecified atom stereocenters. The zero-order chi connectivity index (χ0) is 20.8. The fourth-order valence-electron chi connectivity index (χ4n) is 4.92. The van der Waals surface area contributed by atoms with Gasteiger partial charge in [0.1, 0.15) is 6.04 Å². The lowest BCUT2D eigenvalue weighted by Gasteiger charge is -2.24. The smallest absolute Gasteiger partial charge is 0.243 e. The lowest BCUT2D eigenvalue weighted by molar-refractivity contribution is -0.149. The Morgan fingerprint density at radius 2 is 1.77 bits per heavy atom. The van der Waals surface area contributed by atoms with E-state index in [1.807, 2.05) is 35.0 Å². The highest BCUT2D eigenvalue weighted by Crippen LogP contribution is 2.48. The second-order valence-corrected chi connectivity index (χ2v) is 8.33. The number of likely N-dealkylation sites (tertiary alicyclic amines) is 1. The lowest BCUT2D eigenvalue weighted by Crippen LogP contribution is -2.49. The maximum Gasteiger partial charge on any atom is 0.243 e.